The second-order valence-electron chi connectivity index (χ2n) is 4.84. The molecule has 0 aliphatic heterocycles. The van der Waals surface area contributed by atoms with Gasteiger partial charge >= 0.3 is 0 Å². The number of aryl methyl sites for hydroxylation is 1. The van der Waals surface area contributed by atoms with Gasteiger partial charge in [-0.25, -0.2) is 4.98 Å². The summed E-state index contributed by atoms with van der Waals surface area (Å²) in [5.74, 6) is 0. The maximum Gasteiger partial charge on any atom is 0.107 e. The number of hydrogen-bond acceptors (Lipinski definition) is 5. The summed E-state index contributed by atoms with van der Waals surface area (Å²) in [6.45, 7) is 7.80. The van der Waals surface area contributed by atoms with E-state index in [4.69, 9.17) is 0 Å². The lowest BCUT2D eigenvalue weighted by atomic mass is 10.3. The average Bonchev–Trinajstić information content (AvgIpc) is 2.86. The van der Waals surface area contributed by atoms with E-state index in [9.17, 15) is 0 Å². The third kappa shape index (κ3) is 4.37. The van der Waals surface area contributed by atoms with Crippen LogP contribution in [0.5, 0.6) is 0 Å². The summed E-state index contributed by atoms with van der Waals surface area (Å²) in [5, 5.41) is 6.43. The van der Waals surface area contributed by atoms with Crippen molar-refractivity contribution in [3.05, 3.63) is 45.7 Å². The van der Waals surface area contributed by atoms with Crippen LogP contribution in [0.4, 0.5) is 0 Å². The van der Waals surface area contributed by atoms with Crippen LogP contribution in [0, 0.1) is 6.92 Å². The molecule has 0 radical (unpaired) electrons. The molecule has 0 saturated carbocycles. The predicted molar refractivity (Wildman–Crippen MR) is 83.6 cm³/mol. The Balaban J connectivity index is 1.97. The summed E-state index contributed by atoms with van der Waals surface area (Å²) in [6, 6.07) is 6.19. The Morgan fingerprint density at radius 2 is 2.00 bits per heavy atom. The second-order valence-corrected chi connectivity index (χ2v) is 5.78. The van der Waals surface area contributed by atoms with E-state index in [1.54, 1.807) is 11.3 Å². The lowest BCUT2D eigenvalue weighted by Crippen LogP contribution is -2.23. The number of nitrogens with zero attached hydrogens (tertiary/aromatic N) is 3. The minimum atomic E-state index is 0.843. The molecule has 0 aromatic carbocycles. The highest BCUT2D eigenvalue weighted by atomic mass is 32.1. The smallest absolute Gasteiger partial charge is 0.107 e. The molecule has 0 saturated heterocycles. The Morgan fingerprint density at radius 1 is 1.20 bits per heavy atom. The van der Waals surface area contributed by atoms with Gasteiger partial charge in [0, 0.05) is 30.7 Å². The van der Waals surface area contributed by atoms with E-state index in [0.29, 0.717) is 0 Å². The van der Waals surface area contributed by atoms with E-state index < -0.39 is 0 Å². The molecule has 0 aliphatic rings. The molecule has 4 nitrogen and oxygen atoms in total. The molecule has 2 heterocycles. The van der Waals surface area contributed by atoms with Crippen LogP contribution in [0.1, 0.15) is 29.0 Å². The molecule has 2 aromatic heterocycles. The first kappa shape index (κ1) is 15.1. The van der Waals surface area contributed by atoms with Crippen molar-refractivity contribution >= 4 is 11.3 Å². The van der Waals surface area contributed by atoms with E-state index in [-0.39, 0.29) is 0 Å². The van der Waals surface area contributed by atoms with Gasteiger partial charge in [-0.1, -0.05) is 13.0 Å². The zero-order chi connectivity index (χ0) is 14.4. The summed E-state index contributed by atoms with van der Waals surface area (Å²) in [5.41, 5.74) is 3.34. The van der Waals surface area contributed by atoms with E-state index in [0.717, 1.165) is 48.3 Å². The van der Waals surface area contributed by atoms with Crippen molar-refractivity contribution in [2.45, 2.75) is 33.5 Å². The third-order valence-corrected chi connectivity index (χ3v) is 3.99. The van der Waals surface area contributed by atoms with E-state index in [2.05, 4.69) is 44.6 Å². The molecule has 2 aromatic rings. The van der Waals surface area contributed by atoms with Gasteiger partial charge in [-0.05, 0) is 32.6 Å². The molecule has 0 spiro atoms. The molecular weight excluding hydrogens is 268 g/mol. The van der Waals surface area contributed by atoms with Gasteiger partial charge in [0.15, 0.2) is 0 Å². The molecule has 20 heavy (non-hydrogen) atoms. The molecule has 5 heteroatoms. The van der Waals surface area contributed by atoms with Crippen LogP contribution in [-0.4, -0.2) is 28.5 Å². The van der Waals surface area contributed by atoms with Crippen LogP contribution in [0.2, 0.25) is 0 Å². The van der Waals surface area contributed by atoms with Crippen molar-refractivity contribution in [3.8, 4) is 0 Å². The minimum Gasteiger partial charge on any atom is -0.314 e. The third-order valence-electron chi connectivity index (χ3n) is 3.09. The van der Waals surface area contributed by atoms with Crippen LogP contribution < -0.4 is 5.32 Å². The maximum absolute atomic E-state index is 4.64. The summed E-state index contributed by atoms with van der Waals surface area (Å²) in [7, 11) is 1.95. The fourth-order valence-corrected chi connectivity index (χ4v) is 2.88. The predicted octanol–water partition coefficient (Wildman–Crippen LogP) is 2.59. The molecule has 0 unspecified atom stereocenters. The first-order valence-electron chi connectivity index (χ1n) is 6.94. The van der Waals surface area contributed by atoms with Crippen molar-refractivity contribution in [1.82, 2.24) is 20.2 Å². The second kappa shape index (κ2) is 7.47. The lowest BCUT2D eigenvalue weighted by molar-refractivity contribution is 0.265. The standard InChI is InChI=1S/C15H22N4S/c1-4-19(9-13-7-5-6-12(2)17-13)10-14-11-20-15(18-14)8-16-3/h5-7,11,16H,4,8-10H2,1-3H3. The lowest BCUT2D eigenvalue weighted by Gasteiger charge is -2.18. The SMILES string of the molecule is CCN(Cc1cccc(C)n1)Cc1csc(CNC)n1. The fraction of sp³-hybridized carbons (Fsp3) is 0.467. The highest BCUT2D eigenvalue weighted by Gasteiger charge is 2.09. The van der Waals surface area contributed by atoms with E-state index in [1.165, 1.54) is 0 Å². The summed E-state index contributed by atoms with van der Waals surface area (Å²) >= 11 is 1.72. The number of nitrogens with one attached hydrogen (secondary N) is 1. The summed E-state index contributed by atoms with van der Waals surface area (Å²) in [4.78, 5) is 11.6. The van der Waals surface area contributed by atoms with Gasteiger partial charge in [0.2, 0.25) is 0 Å². The van der Waals surface area contributed by atoms with Crippen molar-refractivity contribution in [3.63, 3.8) is 0 Å². The fourth-order valence-electron chi connectivity index (χ4n) is 2.08. The van der Waals surface area contributed by atoms with Crippen LogP contribution in [0.3, 0.4) is 0 Å². The Morgan fingerprint density at radius 3 is 2.70 bits per heavy atom. The van der Waals surface area contributed by atoms with Crippen molar-refractivity contribution < 1.29 is 0 Å². The molecule has 2 rings (SSSR count). The zero-order valence-corrected chi connectivity index (χ0v) is 13.2. The molecule has 108 valence electrons. The van der Waals surface area contributed by atoms with Gasteiger partial charge < -0.3 is 5.32 Å². The molecule has 0 bridgehead atoms. The quantitative estimate of drug-likeness (QED) is 0.851. The minimum absolute atomic E-state index is 0.843. The van der Waals surface area contributed by atoms with E-state index in [1.807, 2.05) is 20.0 Å². The number of hydrogen-bond donors (Lipinski definition) is 1. The number of pyridine rings is 1. The van der Waals surface area contributed by atoms with Gasteiger partial charge in [-0.15, -0.1) is 11.3 Å². The van der Waals surface area contributed by atoms with E-state index >= 15 is 0 Å². The normalized spacial score (nSPS) is 11.2. The number of rotatable bonds is 7. The molecule has 0 aliphatic carbocycles. The first-order chi connectivity index (χ1) is 9.71. The molecule has 0 atom stereocenters. The van der Waals surface area contributed by atoms with Crippen molar-refractivity contribution in [2.24, 2.45) is 0 Å². The summed E-state index contributed by atoms with van der Waals surface area (Å²) < 4.78 is 0. The monoisotopic (exact) mass is 290 g/mol. The van der Waals surface area contributed by atoms with Crippen LogP contribution in [0.15, 0.2) is 23.6 Å². The number of thiazole rings is 1. The topological polar surface area (TPSA) is 41.1 Å². The largest absolute Gasteiger partial charge is 0.314 e. The maximum atomic E-state index is 4.64. The summed E-state index contributed by atoms with van der Waals surface area (Å²) in [6.07, 6.45) is 0. The Hall–Kier alpha value is -1.30. The molecular formula is C15H22N4S. The van der Waals surface area contributed by atoms with Crippen LogP contribution in [-0.2, 0) is 19.6 Å². The zero-order valence-electron chi connectivity index (χ0n) is 12.4. The van der Waals surface area contributed by atoms with Gasteiger partial charge in [-0.2, -0.15) is 0 Å². The van der Waals surface area contributed by atoms with Gasteiger partial charge in [0.05, 0.1) is 11.4 Å². The Kier molecular flexibility index (Phi) is 5.64. The Bertz CT molecular complexity index is 538. The van der Waals surface area contributed by atoms with Crippen LogP contribution in [0.25, 0.3) is 0 Å². The molecule has 0 fully saturated rings. The van der Waals surface area contributed by atoms with Gasteiger partial charge in [-0.3, -0.25) is 9.88 Å². The highest BCUT2D eigenvalue weighted by Crippen LogP contribution is 2.13. The number of aromatic nitrogens is 2. The molecule has 0 amide bonds. The Labute approximate surface area is 124 Å². The van der Waals surface area contributed by atoms with Crippen molar-refractivity contribution in [1.29, 1.82) is 0 Å². The van der Waals surface area contributed by atoms with Gasteiger partial charge in [0.25, 0.3) is 0 Å². The molecule has 1 N–H and O–H groups in total. The van der Waals surface area contributed by atoms with Crippen molar-refractivity contribution in [2.75, 3.05) is 13.6 Å². The van der Waals surface area contributed by atoms with Gasteiger partial charge in [0.1, 0.15) is 5.01 Å². The highest BCUT2D eigenvalue weighted by molar-refractivity contribution is 7.09. The average molecular weight is 290 g/mol. The van der Waals surface area contributed by atoms with Crippen LogP contribution >= 0.6 is 11.3 Å². The first-order valence-corrected chi connectivity index (χ1v) is 7.82.